The summed E-state index contributed by atoms with van der Waals surface area (Å²) in [5.41, 5.74) is 2.42. The van der Waals surface area contributed by atoms with Crippen molar-refractivity contribution in [3.63, 3.8) is 0 Å². The van der Waals surface area contributed by atoms with E-state index < -0.39 is 0 Å². The summed E-state index contributed by atoms with van der Waals surface area (Å²) in [6.07, 6.45) is 0.458. The molecule has 8 nitrogen and oxygen atoms in total. The number of carbonyl (C=O) groups excluding carboxylic acids is 1. The molecule has 0 bridgehead atoms. The van der Waals surface area contributed by atoms with Gasteiger partial charge >= 0.3 is 12.0 Å². The Balaban J connectivity index is 1.73. The Morgan fingerprint density at radius 3 is 2.30 bits per heavy atom. The lowest BCUT2D eigenvalue weighted by atomic mass is 10.1. The Hall–Kier alpha value is -3.68. The van der Waals surface area contributed by atoms with Crippen LogP contribution in [0.1, 0.15) is 41.2 Å². The Labute approximate surface area is 174 Å². The smallest absolute Gasteiger partial charge is 0.338 e. The number of nitrogens with zero attached hydrogens (tertiary/aromatic N) is 3. The van der Waals surface area contributed by atoms with Gasteiger partial charge in [0.2, 0.25) is 5.95 Å². The fourth-order valence-electron chi connectivity index (χ4n) is 2.70. The third-order valence-corrected chi connectivity index (χ3v) is 4.15. The summed E-state index contributed by atoms with van der Waals surface area (Å²) in [5, 5.41) is 12.6. The minimum absolute atomic E-state index is 0.216. The monoisotopic (exact) mass is 408 g/mol. The molecule has 1 aromatic heterocycles. The average molecular weight is 408 g/mol. The van der Waals surface area contributed by atoms with Crippen molar-refractivity contribution in [1.82, 2.24) is 15.0 Å². The van der Waals surface area contributed by atoms with Gasteiger partial charge in [-0.1, -0.05) is 24.3 Å². The number of aromatic nitrogens is 3. The van der Waals surface area contributed by atoms with Gasteiger partial charge in [-0.15, -0.1) is 0 Å². The van der Waals surface area contributed by atoms with Crippen molar-refractivity contribution in [2.24, 2.45) is 0 Å². The molecule has 0 unspecified atom stereocenters. The number of hydrogen-bond acceptors (Lipinski definition) is 8. The van der Waals surface area contributed by atoms with Gasteiger partial charge in [0, 0.05) is 13.0 Å². The lowest BCUT2D eigenvalue weighted by molar-refractivity contribution is 0.0526. The zero-order valence-corrected chi connectivity index (χ0v) is 17.0. The standard InChI is InChI=1S/C22H24N4O4/c1-3-29-20(28)17-9-5-15(6-10-17)13-19-24-21(26-22(25-19)30-4-2)23-14-16-7-11-18(27)12-8-16/h5-12,27H,3-4,13-14H2,1-2H3,(H,23,24,25,26). The molecule has 0 aliphatic heterocycles. The van der Waals surface area contributed by atoms with Crippen LogP contribution in [0.15, 0.2) is 48.5 Å². The third-order valence-electron chi connectivity index (χ3n) is 4.15. The van der Waals surface area contributed by atoms with Crippen molar-refractivity contribution in [3.8, 4) is 11.8 Å². The first-order valence-electron chi connectivity index (χ1n) is 9.73. The van der Waals surface area contributed by atoms with E-state index in [-0.39, 0.29) is 17.7 Å². The maximum Gasteiger partial charge on any atom is 0.338 e. The highest BCUT2D eigenvalue weighted by Gasteiger charge is 2.10. The number of phenolic OH excluding ortho intramolecular Hbond substituents is 1. The summed E-state index contributed by atoms with van der Waals surface area (Å²) < 4.78 is 10.5. The fourth-order valence-corrected chi connectivity index (χ4v) is 2.70. The van der Waals surface area contributed by atoms with E-state index in [1.54, 1.807) is 31.2 Å². The molecule has 0 saturated heterocycles. The molecule has 8 heteroatoms. The van der Waals surface area contributed by atoms with Gasteiger partial charge in [-0.2, -0.15) is 15.0 Å². The normalized spacial score (nSPS) is 10.5. The maximum absolute atomic E-state index is 11.8. The highest BCUT2D eigenvalue weighted by atomic mass is 16.5. The van der Waals surface area contributed by atoms with Gasteiger partial charge in [-0.05, 0) is 49.2 Å². The topological polar surface area (TPSA) is 106 Å². The molecule has 0 aliphatic carbocycles. The Bertz CT molecular complexity index is 975. The molecule has 0 aliphatic rings. The minimum atomic E-state index is -0.344. The van der Waals surface area contributed by atoms with Crippen LogP contribution >= 0.6 is 0 Å². The number of nitrogens with one attached hydrogen (secondary N) is 1. The van der Waals surface area contributed by atoms with E-state index in [9.17, 15) is 9.90 Å². The molecule has 1 heterocycles. The molecule has 0 amide bonds. The van der Waals surface area contributed by atoms with Crippen molar-refractivity contribution in [1.29, 1.82) is 0 Å². The lowest BCUT2D eigenvalue weighted by Gasteiger charge is -2.10. The van der Waals surface area contributed by atoms with Crippen LogP contribution < -0.4 is 10.1 Å². The highest BCUT2D eigenvalue weighted by Crippen LogP contribution is 2.15. The summed E-state index contributed by atoms with van der Waals surface area (Å²) in [6, 6.07) is 14.3. The molecule has 2 aromatic carbocycles. The predicted octanol–water partition coefficient (Wildman–Crippen LogP) is 3.36. The van der Waals surface area contributed by atoms with Crippen molar-refractivity contribution >= 4 is 11.9 Å². The molecule has 156 valence electrons. The van der Waals surface area contributed by atoms with Crippen LogP contribution in [0.5, 0.6) is 11.8 Å². The molecule has 0 saturated carbocycles. The van der Waals surface area contributed by atoms with Gasteiger partial charge in [0.15, 0.2) is 0 Å². The van der Waals surface area contributed by atoms with E-state index in [0.717, 1.165) is 11.1 Å². The summed E-state index contributed by atoms with van der Waals surface area (Å²) in [6.45, 7) is 4.90. The Morgan fingerprint density at radius 1 is 0.933 bits per heavy atom. The number of carbonyl (C=O) groups is 1. The molecule has 0 atom stereocenters. The number of aromatic hydroxyl groups is 1. The van der Waals surface area contributed by atoms with Crippen LogP contribution in [0.3, 0.4) is 0 Å². The van der Waals surface area contributed by atoms with Gasteiger partial charge in [0.1, 0.15) is 11.6 Å². The zero-order chi connectivity index (χ0) is 21.3. The third kappa shape index (κ3) is 5.91. The van der Waals surface area contributed by atoms with Gasteiger partial charge in [0.05, 0.1) is 18.8 Å². The minimum Gasteiger partial charge on any atom is -0.508 e. The first-order chi connectivity index (χ1) is 14.6. The summed E-state index contributed by atoms with van der Waals surface area (Å²) in [7, 11) is 0. The second-order valence-electron chi connectivity index (χ2n) is 6.41. The number of rotatable bonds is 9. The van der Waals surface area contributed by atoms with Gasteiger partial charge in [-0.3, -0.25) is 0 Å². The van der Waals surface area contributed by atoms with Gasteiger partial charge < -0.3 is 19.9 Å². The van der Waals surface area contributed by atoms with Crippen molar-refractivity contribution in [2.45, 2.75) is 26.8 Å². The van der Waals surface area contributed by atoms with E-state index in [4.69, 9.17) is 9.47 Å². The molecule has 2 N–H and O–H groups in total. The molecular weight excluding hydrogens is 384 g/mol. The fraction of sp³-hybridized carbons (Fsp3) is 0.273. The first-order valence-corrected chi connectivity index (χ1v) is 9.73. The van der Waals surface area contributed by atoms with Crippen LogP contribution in [-0.2, 0) is 17.7 Å². The predicted molar refractivity (Wildman–Crippen MR) is 112 cm³/mol. The lowest BCUT2D eigenvalue weighted by Crippen LogP contribution is -2.10. The first kappa shape index (κ1) is 21.0. The second-order valence-corrected chi connectivity index (χ2v) is 6.41. The zero-order valence-electron chi connectivity index (χ0n) is 17.0. The molecule has 30 heavy (non-hydrogen) atoms. The van der Waals surface area contributed by atoms with Crippen LogP contribution in [0.4, 0.5) is 5.95 Å². The van der Waals surface area contributed by atoms with E-state index in [0.29, 0.717) is 43.5 Å². The number of benzene rings is 2. The van der Waals surface area contributed by atoms with E-state index in [2.05, 4.69) is 20.3 Å². The molecule has 0 spiro atoms. The summed E-state index contributed by atoms with van der Waals surface area (Å²) >= 11 is 0. The van der Waals surface area contributed by atoms with Crippen molar-refractivity contribution < 1.29 is 19.4 Å². The summed E-state index contributed by atoms with van der Waals surface area (Å²) in [4.78, 5) is 24.9. The Kier molecular flexibility index (Phi) is 7.15. The highest BCUT2D eigenvalue weighted by molar-refractivity contribution is 5.89. The van der Waals surface area contributed by atoms with Gasteiger partial charge in [-0.25, -0.2) is 4.79 Å². The molecular formula is C22H24N4O4. The van der Waals surface area contributed by atoms with Crippen molar-refractivity contribution in [3.05, 3.63) is 71.0 Å². The van der Waals surface area contributed by atoms with Crippen molar-refractivity contribution in [2.75, 3.05) is 18.5 Å². The number of anilines is 1. The van der Waals surface area contributed by atoms with Crippen LogP contribution in [0, 0.1) is 0 Å². The van der Waals surface area contributed by atoms with Crippen LogP contribution in [0.2, 0.25) is 0 Å². The van der Waals surface area contributed by atoms with Crippen LogP contribution in [-0.4, -0.2) is 39.2 Å². The molecule has 3 aromatic rings. The summed E-state index contributed by atoms with van der Waals surface area (Å²) in [5.74, 6) is 0.822. The second kappa shape index (κ2) is 10.2. The number of phenols is 1. The Morgan fingerprint density at radius 2 is 1.63 bits per heavy atom. The quantitative estimate of drug-likeness (QED) is 0.519. The molecule has 0 radical (unpaired) electrons. The molecule has 0 fully saturated rings. The van der Waals surface area contributed by atoms with Gasteiger partial charge in [0.25, 0.3) is 0 Å². The van der Waals surface area contributed by atoms with Crippen LogP contribution in [0.25, 0.3) is 0 Å². The largest absolute Gasteiger partial charge is 0.508 e. The number of ether oxygens (including phenoxy) is 2. The number of hydrogen-bond donors (Lipinski definition) is 2. The number of esters is 1. The molecule has 3 rings (SSSR count). The maximum atomic E-state index is 11.8. The SMILES string of the molecule is CCOC(=O)c1ccc(Cc2nc(NCc3ccc(O)cc3)nc(OCC)n2)cc1. The van der Waals surface area contributed by atoms with E-state index >= 15 is 0 Å². The average Bonchev–Trinajstić information content (AvgIpc) is 2.74. The van der Waals surface area contributed by atoms with E-state index in [1.165, 1.54) is 0 Å². The van der Waals surface area contributed by atoms with E-state index in [1.807, 2.05) is 31.2 Å².